The molecule has 2 aliphatic rings. The average molecular weight is 511 g/mol. The number of hydrogen-bond donors (Lipinski definition) is 6. The lowest BCUT2D eigenvalue weighted by atomic mass is 9.94. The van der Waals surface area contributed by atoms with Crippen LogP contribution in [0.5, 0.6) is 0 Å². The van der Waals surface area contributed by atoms with Crippen LogP contribution in [0, 0.1) is 17.2 Å². The maximum Gasteiger partial charge on any atom is 0.226 e. The minimum Gasteiger partial charge on any atom is -0.378 e. The molecule has 0 radical (unpaired) electrons. The Labute approximate surface area is 209 Å². The lowest BCUT2D eigenvalue weighted by Crippen LogP contribution is -2.30. The van der Waals surface area contributed by atoms with Gasteiger partial charge in [0.25, 0.3) is 0 Å². The van der Waals surface area contributed by atoms with Gasteiger partial charge in [0.2, 0.25) is 11.0 Å². The number of nitrogens with zero attached hydrogens (tertiary/aromatic N) is 3. The summed E-state index contributed by atoms with van der Waals surface area (Å²) in [6.07, 6.45) is 7.61. The summed E-state index contributed by atoms with van der Waals surface area (Å²) < 4.78 is 0. The van der Waals surface area contributed by atoms with Gasteiger partial charge >= 0.3 is 0 Å². The third-order valence-electron chi connectivity index (χ3n) is 6.20. The van der Waals surface area contributed by atoms with Crippen LogP contribution >= 0.6 is 23.1 Å². The topological polar surface area (TPSA) is 161 Å². The Morgan fingerprint density at radius 2 is 1.85 bits per heavy atom. The number of aryl methyl sites for hydroxylation is 1. The van der Waals surface area contributed by atoms with Gasteiger partial charge < -0.3 is 26.8 Å². The molecule has 2 aliphatic heterocycles. The smallest absolute Gasteiger partial charge is 0.226 e. The second-order valence-corrected chi connectivity index (χ2v) is 11.2. The summed E-state index contributed by atoms with van der Waals surface area (Å²) in [5.41, 5.74) is 5.92. The number of aliphatic hydroxyl groups is 1. The largest absolute Gasteiger partial charge is 0.378 e. The third-order valence-corrected chi connectivity index (χ3v) is 7.86. The van der Waals surface area contributed by atoms with Gasteiger partial charge in [0.1, 0.15) is 11.2 Å². The molecular formula is C22H38N8O2S2. The number of amides is 1. The van der Waals surface area contributed by atoms with Crippen molar-refractivity contribution in [1.29, 1.82) is 5.41 Å². The van der Waals surface area contributed by atoms with Crippen molar-refractivity contribution in [1.82, 2.24) is 20.8 Å². The average Bonchev–Trinajstić information content (AvgIpc) is 3.24. The van der Waals surface area contributed by atoms with Crippen LogP contribution in [0.3, 0.4) is 0 Å². The van der Waals surface area contributed by atoms with Crippen molar-refractivity contribution in [3.05, 3.63) is 5.01 Å². The number of nitrogens with one attached hydrogen (secondary N) is 4. The first-order valence-corrected chi connectivity index (χ1v) is 13.9. The molecule has 0 aromatic carbocycles. The van der Waals surface area contributed by atoms with Gasteiger partial charge in [-0.3, -0.25) is 10.2 Å². The van der Waals surface area contributed by atoms with E-state index in [-0.39, 0.29) is 11.1 Å². The Bertz CT molecular complexity index is 807. The van der Waals surface area contributed by atoms with Crippen LogP contribution in [0.1, 0.15) is 62.8 Å². The number of thioether (sulfide) groups is 1. The normalized spacial score (nSPS) is 19.1. The number of nitrogens with two attached hydrogens (primary N) is 1. The first-order valence-electron chi connectivity index (χ1n) is 12.3. The molecule has 34 heavy (non-hydrogen) atoms. The second-order valence-electron chi connectivity index (χ2n) is 9.06. The Morgan fingerprint density at radius 3 is 2.56 bits per heavy atom. The lowest BCUT2D eigenvalue weighted by molar-refractivity contribution is -0.117. The highest BCUT2D eigenvalue weighted by Crippen LogP contribution is 2.22. The van der Waals surface area contributed by atoms with E-state index in [2.05, 4.69) is 31.1 Å². The zero-order valence-electron chi connectivity index (χ0n) is 19.7. The second kappa shape index (κ2) is 14.7. The fourth-order valence-electron chi connectivity index (χ4n) is 4.30. The molecule has 1 aromatic rings. The maximum atomic E-state index is 12.2. The van der Waals surface area contributed by atoms with Gasteiger partial charge in [-0.1, -0.05) is 11.3 Å². The number of hydrogen-bond acceptors (Lipinski definition) is 10. The van der Waals surface area contributed by atoms with Crippen molar-refractivity contribution in [2.75, 3.05) is 31.5 Å². The minimum atomic E-state index is -0.796. The molecule has 3 heterocycles. The predicted molar refractivity (Wildman–Crippen MR) is 139 cm³/mol. The molecule has 1 aromatic heterocycles. The SMILES string of the molecule is N=C(CCCCc1nnc(NC(=O)CC2CCNCC2)s1)S/C(N)=N\C(O)CC1CCNCC1. The van der Waals surface area contributed by atoms with Crippen LogP contribution in [0.4, 0.5) is 5.13 Å². The summed E-state index contributed by atoms with van der Waals surface area (Å²) in [5.74, 6) is 0.930. The highest BCUT2D eigenvalue weighted by atomic mass is 32.2. The Hall–Kier alpha value is -1.60. The highest BCUT2D eigenvalue weighted by Gasteiger charge is 2.19. The molecule has 0 aliphatic carbocycles. The summed E-state index contributed by atoms with van der Waals surface area (Å²) in [5, 5.41) is 38.2. The van der Waals surface area contributed by atoms with Crippen molar-refractivity contribution in [3.63, 3.8) is 0 Å². The quantitative estimate of drug-likeness (QED) is 0.150. The molecule has 2 fully saturated rings. The van der Waals surface area contributed by atoms with E-state index >= 15 is 0 Å². The van der Waals surface area contributed by atoms with Crippen molar-refractivity contribution in [2.45, 2.75) is 70.4 Å². The molecule has 1 amide bonds. The number of piperidine rings is 2. The standard InChI is InChI=1S/C22H38N8O2S2/c23-17(33-21(24)27-18(31)13-15-5-9-25-10-6-15)3-1-2-4-20-29-30-22(34-20)28-19(32)14-16-7-11-26-12-8-16/h15-16,18,23,25-26,31H,1-14H2,(H2,24,27)(H,28,30,32). The fourth-order valence-corrected chi connectivity index (χ4v) is 5.77. The molecule has 10 nitrogen and oxygen atoms in total. The Morgan fingerprint density at radius 1 is 1.18 bits per heavy atom. The first kappa shape index (κ1) is 27.0. The monoisotopic (exact) mass is 510 g/mol. The summed E-state index contributed by atoms with van der Waals surface area (Å²) >= 11 is 2.54. The van der Waals surface area contributed by atoms with Crippen molar-refractivity contribution >= 4 is 44.3 Å². The number of aliphatic hydroxyl groups excluding tert-OH is 1. The molecule has 2 saturated heterocycles. The summed E-state index contributed by atoms with van der Waals surface area (Å²) in [6, 6.07) is 0. The molecule has 7 N–H and O–H groups in total. The van der Waals surface area contributed by atoms with E-state index in [1.165, 1.54) is 11.3 Å². The van der Waals surface area contributed by atoms with E-state index in [0.717, 1.165) is 87.9 Å². The minimum absolute atomic E-state index is 0.0141. The van der Waals surface area contributed by atoms with Crippen LogP contribution in [0.15, 0.2) is 4.99 Å². The molecule has 12 heteroatoms. The zero-order chi connectivity index (χ0) is 24.2. The van der Waals surface area contributed by atoms with E-state index in [9.17, 15) is 9.90 Å². The lowest BCUT2D eigenvalue weighted by Gasteiger charge is -2.23. The van der Waals surface area contributed by atoms with Crippen LogP contribution in [-0.2, 0) is 11.2 Å². The predicted octanol–water partition coefficient (Wildman–Crippen LogP) is 2.31. The van der Waals surface area contributed by atoms with Gasteiger partial charge in [0.15, 0.2) is 5.17 Å². The number of aromatic nitrogens is 2. The van der Waals surface area contributed by atoms with Crippen molar-refractivity contribution in [3.8, 4) is 0 Å². The molecular weight excluding hydrogens is 472 g/mol. The zero-order valence-corrected chi connectivity index (χ0v) is 21.4. The van der Waals surface area contributed by atoms with Crippen LogP contribution in [-0.4, -0.2) is 63.8 Å². The number of carbonyl (C=O) groups is 1. The molecule has 0 bridgehead atoms. The molecule has 0 saturated carbocycles. The van der Waals surface area contributed by atoms with Gasteiger partial charge in [-0.15, -0.1) is 10.2 Å². The van der Waals surface area contributed by atoms with E-state index < -0.39 is 6.23 Å². The summed E-state index contributed by atoms with van der Waals surface area (Å²) in [6.45, 7) is 3.94. The summed E-state index contributed by atoms with van der Waals surface area (Å²) in [7, 11) is 0. The van der Waals surface area contributed by atoms with Gasteiger partial charge in [-0.25, -0.2) is 4.99 Å². The maximum absolute atomic E-state index is 12.2. The van der Waals surface area contributed by atoms with Gasteiger partial charge in [-0.05, 0) is 101 Å². The number of carbonyl (C=O) groups excluding carboxylic acids is 1. The van der Waals surface area contributed by atoms with Gasteiger partial charge in [0, 0.05) is 12.8 Å². The van der Waals surface area contributed by atoms with E-state index in [1.54, 1.807) is 0 Å². The molecule has 190 valence electrons. The number of rotatable bonds is 11. The van der Waals surface area contributed by atoms with Gasteiger partial charge in [-0.2, -0.15) is 0 Å². The van der Waals surface area contributed by atoms with Crippen molar-refractivity contribution in [2.24, 2.45) is 22.6 Å². The highest BCUT2D eigenvalue weighted by molar-refractivity contribution is 8.26. The number of aliphatic imine (C=N–C) groups is 1. The number of unbranched alkanes of at least 4 members (excludes halogenated alkanes) is 1. The van der Waals surface area contributed by atoms with Crippen LogP contribution in [0.25, 0.3) is 0 Å². The molecule has 1 unspecified atom stereocenters. The van der Waals surface area contributed by atoms with E-state index in [4.69, 9.17) is 11.1 Å². The Balaban J connectivity index is 1.27. The van der Waals surface area contributed by atoms with Crippen LogP contribution < -0.4 is 21.7 Å². The van der Waals surface area contributed by atoms with Crippen LogP contribution in [0.2, 0.25) is 0 Å². The fraction of sp³-hybridized carbons (Fsp3) is 0.773. The molecule has 1 atom stereocenters. The Kier molecular flexibility index (Phi) is 11.7. The third kappa shape index (κ3) is 10.3. The van der Waals surface area contributed by atoms with Gasteiger partial charge in [0.05, 0.1) is 5.04 Å². The summed E-state index contributed by atoms with van der Waals surface area (Å²) in [4.78, 5) is 16.4. The van der Waals surface area contributed by atoms with E-state index in [1.807, 2.05) is 0 Å². The first-order chi connectivity index (χ1) is 16.5. The molecule has 3 rings (SSSR count). The number of anilines is 1. The number of amidine groups is 1. The van der Waals surface area contributed by atoms with Crippen molar-refractivity contribution < 1.29 is 9.90 Å². The van der Waals surface area contributed by atoms with E-state index in [0.29, 0.717) is 41.3 Å². The molecule has 0 spiro atoms.